The van der Waals surface area contributed by atoms with E-state index in [0.717, 1.165) is 37.7 Å². The number of benzene rings is 1. The van der Waals surface area contributed by atoms with Gasteiger partial charge in [-0.25, -0.2) is 4.79 Å². The lowest BCUT2D eigenvalue weighted by molar-refractivity contribution is 0.0892. The van der Waals surface area contributed by atoms with Crippen molar-refractivity contribution in [2.75, 3.05) is 26.9 Å². The highest BCUT2D eigenvalue weighted by molar-refractivity contribution is 5.74. The van der Waals surface area contributed by atoms with E-state index in [-0.39, 0.29) is 24.1 Å². The van der Waals surface area contributed by atoms with Crippen LogP contribution in [0, 0.1) is 5.41 Å². The summed E-state index contributed by atoms with van der Waals surface area (Å²) in [4.78, 5) is 12.3. The van der Waals surface area contributed by atoms with Crippen molar-refractivity contribution < 1.29 is 14.6 Å². The summed E-state index contributed by atoms with van der Waals surface area (Å²) in [5.41, 5.74) is 0.793. The average Bonchev–Trinajstić information content (AvgIpc) is 3.07. The summed E-state index contributed by atoms with van der Waals surface area (Å²) in [6.07, 6.45) is 4.85. The fourth-order valence-electron chi connectivity index (χ4n) is 3.45. The van der Waals surface area contributed by atoms with Crippen molar-refractivity contribution in [3.63, 3.8) is 0 Å². The van der Waals surface area contributed by atoms with Gasteiger partial charge in [-0.15, -0.1) is 0 Å². The predicted octanol–water partition coefficient (Wildman–Crippen LogP) is 2.62. The first-order chi connectivity index (χ1) is 11.2. The molecule has 0 spiro atoms. The normalized spacial score (nSPS) is 17.7. The third kappa shape index (κ3) is 4.69. The Labute approximate surface area is 138 Å². The third-order valence-corrected chi connectivity index (χ3v) is 4.75. The van der Waals surface area contributed by atoms with E-state index in [9.17, 15) is 9.90 Å². The van der Waals surface area contributed by atoms with Crippen LogP contribution in [0.1, 0.15) is 43.7 Å². The molecule has 5 heteroatoms. The molecule has 5 nitrogen and oxygen atoms in total. The number of aliphatic hydroxyl groups is 1. The molecule has 0 heterocycles. The molecule has 2 rings (SSSR count). The lowest BCUT2D eigenvalue weighted by Gasteiger charge is -2.37. The van der Waals surface area contributed by atoms with E-state index in [1.54, 1.807) is 7.11 Å². The Bertz CT molecular complexity index is 472. The zero-order valence-corrected chi connectivity index (χ0v) is 13.9. The topological polar surface area (TPSA) is 70.6 Å². The van der Waals surface area contributed by atoms with Crippen LogP contribution in [0.15, 0.2) is 30.3 Å². The highest BCUT2D eigenvalue weighted by Gasteiger charge is 2.42. The Balaban J connectivity index is 2.07. The number of carbonyl (C=O) groups excluding carboxylic acids is 1. The summed E-state index contributed by atoms with van der Waals surface area (Å²) in [7, 11) is 1.65. The van der Waals surface area contributed by atoms with Crippen LogP contribution in [0.3, 0.4) is 0 Å². The van der Waals surface area contributed by atoms with Gasteiger partial charge in [-0.3, -0.25) is 0 Å². The highest BCUT2D eigenvalue weighted by atomic mass is 16.5. The molecular weight excluding hydrogens is 292 g/mol. The molecule has 1 aromatic rings. The molecule has 1 aromatic carbocycles. The second-order valence-corrected chi connectivity index (χ2v) is 6.32. The number of methoxy groups -OCH3 is 1. The van der Waals surface area contributed by atoms with E-state index in [1.807, 2.05) is 30.3 Å². The second kappa shape index (κ2) is 8.89. The van der Waals surface area contributed by atoms with Crippen LogP contribution in [0.4, 0.5) is 4.79 Å². The van der Waals surface area contributed by atoms with Crippen LogP contribution in [-0.4, -0.2) is 38.0 Å². The number of hydrogen-bond donors (Lipinski definition) is 3. The highest BCUT2D eigenvalue weighted by Crippen LogP contribution is 2.47. The van der Waals surface area contributed by atoms with Crippen molar-refractivity contribution in [3.8, 4) is 0 Å². The molecule has 1 atom stereocenters. The summed E-state index contributed by atoms with van der Waals surface area (Å²) in [5.74, 6) is 0. The molecule has 0 radical (unpaired) electrons. The van der Waals surface area contributed by atoms with Gasteiger partial charge in [-0.1, -0.05) is 43.2 Å². The smallest absolute Gasteiger partial charge is 0.315 e. The first kappa shape index (κ1) is 17.8. The van der Waals surface area contributed by atoms with Gasteiger partial charge in [0.15, 0.2) is 0 Å². The molecule has 0 aliphatic heterocycles. The molecule has 1 unspecified atom stereocenters. The molecule has 0 aromatic heterocycles. The number of carbonyl (C=O) groups is 1. The molecule has 1 fully saturated rings. The standard InChI is InChI=1S/C18H28N2O3/c1-23-13-7-12-19-17(22)20-16(15-8-3-2-4-9-15)18(14-21)10-5-6-11-18/h2-4,8-9,16,21H,5-7,10-14H2,1H3,(H2,19,20,22). The first-order valence-corrected chi connectivity index (χ1v) is 8.41. The maximum Gasteiger partial charge on any atom is 0.315 e. The van der Waals surface area contributed by atoms with E-state index in [4.69, 9.17) is 4.74 Å². The number of ether oxygens (including phenoxy) is 1. The van der Waals surface area contributed by atoms with Gasteiger partial charge in [0, 0.05) is 25.7 Å². The summed E-state index contributed by atoms with van der Waals surface area (Å²) in [6.45, 7) is 1.30. The number of hydrogen-bond acceptors (Lipinski definition) is 3. The van der Waals surface area contributed by atoms with Gasteiger partial charge < -0.3 is 20.5 Å². The van der Waals surface area contributed by atoms with Gasteiger partial charge in [-0.05, 0) is 24.8 Å². The van der Waals surface area contributed by atoms with Gasteiger partial charge in [-0.2, -0.15) is 0 Å². The van der Waals surface area contributed by atoms with Gasteiger partial charge in [0.2, 0.25) is 0 Å². The quantitative estimate of drug-likeness (QED) is 0.645. The van der Waals surface area contributed by atoms with Crippen LogP contribution < -0.4 is 10.6 Å². The van der Waals surface area contributed by atoms with Crippen LogP contribution in [0.25, 0.3) is 0 Å². The van der Waals surface area contributed by atoms with Crippen LogP contribution in [-0.2, 0) is 4.74 Å². The number of aliphatic hydroxyl groups excluding tert-OH is 1. The van der Waals surface area contributed by atoms with E-state index < -0.39 is 0 Å². The van der Waals surface area contributed by atoms with Crippen LogP contribution >= 0.6 is 0 Å². The zero-order chi connectivity index (χ0) is 16.5. The Morgan fingerprint density at radius 2 is 2.00 bits per heavy atom. The Morgan fingerprint density at radius 1 is 1.30 bits per heavy atom. The summed E-state index contributed by atoms with van der Waals surface area (Å²) in [5, 5.41) is 16.0. The second-order valence-electron chi connectivity index (χ2n) is 6.32. The SMILES string of the molecule is COCCCNC(=O)NC(c1ccccc1)C1(CO)CCCC1. The fraction of sp³-hybridized carbons (Fsp3) is 0.611. The number of amides is 2. The maximum absolute atomic E-state index is 12.3. The predicted molar refractivity (Wildman–Crippen MR) is 90.2 cm³/mol. The Morgan fingerprint density at radius 3 is 2.61 bits per heavy atom. The van der Waals surface area contributed by atoms with Gasteiger partial charge in [0.05, 0.1) is 12.6 Å². The molecule has 0 saturated heterocycles. The lowest BCUT2D eigenvalue weighted by atomic mass is 9.76. The number of rotatable bonds is 8. The molecule has 2 amide bonds. The minimum absolute atomic E-state index is 0.0938. The maximum atomic E-state index is 12.3. The monoisotopic (exact) mass is 320 g/mol. The van der Waals surface area contributed by atoms with Gasteiger partial charge in [0.25, 0.3) is 0 Å². The van der Waals surface area contributed by atoms with Gasteiger partial charge >= 0.3 is 6.03 Å². The van der Waals surface area contributed by atoms with Crippen molar-refractivity contribution in [1.82, 2.24) is 10.6 Å². The largest absolute Gasteiger partial charge is 0.396 e. The molecular formula is C18H28N2O3. The molecule has 1 saturated carbocycles. The molecule has 0 bridgehead atoms. The van der Waals surface area contributed by atoms with Crippen LogP contribution in [0.2, 0.25) is 0 Å². The van der Waals surface area contributed by atoms with E-state index in [1.165, 1.54) is 0 Å². The third-order valence-electron chi connectivity index (χ3n) is 4.75. The summed E-state index contributed by atoms with van der Waals surface area (Å²) >= 11 is 0. The molecule has 1 aliphatic carbocycles. The Kier molecular flexibility index (Phi) is 6.86. The number of urea groups is 1. The zero-order valence-electron chi connectivity index (χ0n) is 13.9. The lowest BCUT2D eigenvalue weighted by Crippen LogP contribution is -2.46. The van der Waals surface area contributed by atoms with Crippen molar-refractivity contribution in [3.05, 3.63) is 35.9 Å². The molecule has 128 valence electrons. The summed E-state index contributed by atoms with van der Waals surface area (Å²) in [6, 6.07) is 9.59. The number of nitrogens with one attached hydrogen (secondary N) is 2. The minimum atomic E-state index is -0.259. The van der Waals surface area contributed by atoms with Crippen molar-refractivity contribution >= 4 is 6.03 Å². The summed E-state index contributed by atoms with van der Waals surface area (Å²) < 4.78 is 4.98. The van der Waals surface area contributed by atoms with Crippen molar-refractivity contribution in [1.29, 1.82) is 0 Å². The minimum Gasteiger partial charge on any atom is -0.396 e. The average molecular weight is 320 g/mol. The van der Waals surface area contributed by atoms with E-state index >= 15 is 0 Å². The van der Waals surface area contributed by atoms with Crippen molar-refractivity contribution in [2.45, 2.75) is 38.1 Å². The molecule has 1 aliphatic rings. The Hall–Kier alpha value is -1.59. The van der Waals surface area contributed by atoms with Gasteiger partial charge in [0.1, 0.15) is 0 Å². The van der Waals surface area contributed by atoms with Crippen LogP contribution in [0.5, 0.6) is 0 Å². The fourth-order valence-corrected chi connectivity index (χ4v) is 3.45. The van der Waals surface area contributed by atoms with Crippen molar-refractivity contribution in [2.24, 2.45) is 5.41 Å². The first-order valence-electron chi connectivity index (χ1n) is 8.41. The van der Waals surface area contributed by atoms with E-state index in [2.05, 4.69) is 10.6 Å². The van der Waals surface area contributed by atoms with E-state index in [0.29, 0.717) is 13.2 Å². The molecule has 23 heavy (non-hydrogen) atoms. The molecule has 3 N–H and O–H groups in total.